The molecule has 90 valence electrons. The van der Waals surface area contributed by atoms with Crippen molar-refractivity contribution in [2.75, 3.05) is 38.7 Å². The van der Waals surface area contributed by atoms with Gasteiger partial charge >= 0.3 is 0 Å². The lowest BCUT2D eigenvalue weighted by Crippen LogP contribution is -2.25. The maximum absolute atomic E-state index is 4.96. The van der Waals surface area contributed by atoms with Crippen LogP contribution in [0.4, 0.5) is 5.69 Å². The lowest BCUT2D eigenvalue weighted by atomic mass is 10.1. The van der Waals surface area contributed by atoms with E-state index in [2.05, 4.69) is 42.7 Å². The summed E-state index contributed by atoms with van der Waals surface area (Å²) in [5, 5.41) is 6.70. The van der Waals surface area contributed by atoms with Crippen LogP contribution in [-0.2, 0) is 4.74 Å². The van der Waals surface area contributed by atoms with Crippen molar-refractivity contribution in [3.8, 4) is 0 Å². The molecule has 0 fully saturated rings. The molecule has 0 amide bonds. The van der Waals surface area contributed by atoms with E-state index in [0.29, 0.717) is 0 Å². The van der Waals surface area contributed by atoms with Crippen molar-refractivity contribution in [2.24, 2.45) is 0 Å². The van der Waals surface area contributed by atoms with Gasteiger partial charge in [0, 0.05) is 32.4 Å². The Kier molecular flexibility index (Phi) is 5.90. The van der Waals surface area contributed by atoms with Crippen LogP contribution in [-0.4, -0.2) is 33.4 Å². The van der Waals surface area contributed by atoms with Crippen LogP contribution < -0.4 is 10.6 Å². The molecule has 0 spiro atoms. The summed E-state index contributed by atoms with van der Waals surface area (Å²) in [5.74, 6) is 0. The molecule has 1 aromatic carbocycles. The Morgan fingerprint density at radius 2 is 1.69 bits per heavy atom. The predicted molar refractivity (Wildman–Crippen MR) is 69.2 cm³/mol. The zero-order valence-electron chi connectivity index (χ0n) is 10.5. The Morgan fingerprint density at radius 1 is 1.00 bits per heavy atom. The second-order valence-corrected chi connectivity index (χ2v) is 4.05. The van der Waals surface area contributed by atoms with Crippen LogP contribution in [0.2, 0.25) is 0 Å². The number of benzene rings is 1. The topological polar surface area (TPSA) is 33.3 Å². The number of ether oxygens (including phenoxy) is 1. The van der Waals surface area contributed by atoms with Crippen LogP contribution in [0.15, 0.2) is 18.2 Å². The van der Waals surface area contributed by atoms with Gasteiger partial charge in [-0.2, -0.15) is 0 Å². The van der Waals surface area contributed by atoms with Crippen molar-refractivity contribution in [3.05, 3.63) is 29.3 Å². The lowest BCUT2D eigenvalue weighted by molar-refractivity contribution is 0.200. The minimum absolute atomic E-state index is 0.767. The first-order chi connectivity index (χ1) is 7.72. The predicted octanol–water partition coefficient (Wildman–Crippen LogP) is 1.95. The van der Waals surface area contributed by atoms with Crippen molar-refractivity contribution in [3.63, 3.8) is 0 Å². The van der Waals surface area contributed by atoms with Crippen LogP contribution >= 0.6 is 0 Å². The van der Waals surface area contributed by atoms with Crippen molar-refractivity contribution >= 4 is 5.69 Å². The molecule has 0 aliphatic carbocycles. The summed E-state index contributed by atoms with van der Waals surface area (Å²) < 4.78 is 4.96. The fraction of sp³-hybridized carbons (Fsp3) is 0.538. The zero-order chi connectivity index (χ0) is 11.8. The van der Waals surface area contributed by atoms with Gasteiger partial charge in [-0.05, 0) is 37.1 Å². The number of aryl methyl sites for hydroxylation is 2. The number of hydrogen-bond donors (Lipinski definition) is 2. The van der Waals surface area contributed by atoms with E-state index in [4.69, 9.17) is 4.74 Å². The van der Waals surface area contributed by atoms with E-state index in [9.17, 15) is 0 Å². The van der Waals surface area contributed by atoms with Gasteiger partial charge in [0.05, 0.1) is 6.61 Å². The summed E-state index contributed by atoms with van der Waals surface area (Å²) >= 11 is 0. The minimum Gasteiger partial charge on any atom is -0.384 e. The molecule has 16 heavy (non-hydrogen) atoms. The Balaban J connectivity index is 2.21. The molecule has 0 aliphatic rings. The molecule has 0 atom stereocenters. The molecule has 1 aromatic rings. The summed E-state index contributed by atoms with van der Waals surface area (Å²) in [4.78, 5) is 0. The molecule has 3 nitrogen and oxygen atoms in total. The molecule has 2 N–H and O–H groups in total. The molecule has 3 heteroatoms. The van der Waals surface area contributed by atoms with Gasteiger partial charge < -0.3 is 15.4 Å². The van der Waals surface area contributed by atoms with Crippen LogP contribution in [0, 0.1) is 13.8 Å². The van der Waals surface area contributed by atoms with Gasteiger partial charge in [0.1, 0.15) is 0 Å². The summed E-state index contributed by atoms with van der Waals surface area (Å²) in [6, 6.07) is 6.52. The monoisotopic (exact) mass is 222 g/mol. The standard InChI is InChI=1S/C13H22N2O/c1-11-8-12(2)10-13(9-11)15-5-4-14-6-7-16-3/h8-10,14-15H,4-7H2,1-3H3. The van der Waals surface area contributed by atoms with E-state index < -0.39 is 0 Å². The van der Waals surface area contributed by atoms with Crippen LogP contribution in [0.5, 0.6) is 0 Å². The highest BCUT2D eigenvalue weighted by Crippen LogP contribution is 2.12. The van der Waals surface area contributed by atoms with Crippen molar-refractivity contribution in [1.29, 1.82) is 0 Å². The van der Waals surface area contributed by atoms with Crippen LogP contribution in [0.3, 0.4) is 0 Å². The van der Waals surface area contributed by atoms with E-state index in [0.717, 1.165) is 26.2 Å². The van der Waals surface area contributed by atoms with E-state index in [1.807, 2.05) is 0 Å². The number of anilines is 1. The molecule has 0 radical (unpaired) electrons. The molecule has 0 bridgehead atoms. The van der Waals surface area contributed by atoms with Crippen molar-refractivity contribution in [1.82, 2.24) is 5.32 Å². The summed E-state index contributed by atoms with van der Waals surface area (Å²) in [5.41, 5.74) is 3.80. The average molecular weight is 222 g/mol. The Hall–Kier alpha value is -1.06. The second-order valence-electron chi connectivity index (χ2n) is 4.05. The summed E-state index contributed by atoms with van der Waals surface area (Å²) in [6.45, 7) is 7.81. The third kappa shape index (κ3) is 5.14. The molecule has 0 aromatic heterocycles. The van der Waals surface area contributed by atoms with E-state index in [-0.39, 0.29) is 0 Å². The fourth-order valence-electron chi connectivity index (χ4n) is 1.67. The maximum Gasteiger partial charge on any atom is 0.0587 e. The average Bonchev–Trinajstić information content (AvgIpc) is 2.22. The Labute approximate surface area is 98.2 Å². The van der Waals surface area contributed by atoms with Gasteiger partial charge in [0.25, 0.3) is 0 Å². The summed E-state index contributed by atoms with van der Waals surface area (Å²) in [7, 11) is 1.72. The van der Waals surface area contributed by atoms with Gasteiger partial charge in [0.15, 0.2) is 0 Å². The number of rotatable bonds is 7. The van der Waals surface area contributed by atoms with E-state index in [1.165, 1.54) is 16.8 Å². The maximum atomic E-state index is 4.96. The first-order valence-electron chi connectivity index (χ1n) is 5.74. The fourth-order valence-corrected chi connectivity index (χ4v) is 1.67. The Bertz CT molecular complexity index is 293. The smallest absolute Gasteiger partial charge is 0.0587 e. The lowest BCUT2D eigenvalue weighted by Gasteiger charge is -2.09. The first kappa shape index (κ1) is 13.0. The number of hydrogen-bond acceptors (Lipinski definition) is 3. The summed E-state index contributed by atoms with van der Waals surface area (Å²) in [6.07, 6.45) is 0. The third-order valence-corrected chi connectivity index (χ3v) is 2.34. The van der Waals surface area contributed by atoms with E-state index >= 15 is 0 Å². The van der Waals surface area contributed by atoms with Crippen LogP contribution in [0.25, 0.3) is 0 Å². The van der Waals surface area contributed by atoms with E-state index in [1.54, 1.807) is 7.11 Å². The first-order valence-corrected chi connectivity index (χ1v) is 5.74. The number of nitrogens with one attached hydrogen (secondary N) is 2. The molecule has 0 saturated carbocycles. The quantitative estimate of drug-likeness (QED) is 0.692. The normalized spacial score (nSPS) is 10.4. The van der Waals surface area contributed by atoms with Gasteiger partial charge in [0.2, 0.25) is 0 Å². The molecule has 0 saturated heterocycles. The zero-order valence-corrected chi connectivity index (χ0v) is 10.5. The highest BCUT2D eigenvalue weighted by atomic mass is 16.5. The second kappa shape index (κ2) is 7.25. The SMILES string of the molecule is COCCNCCNc1cc(C)cc(C)c1. The largest absolute Gasteiger partial charge is 0.384 e. The van der Waals surface area contributed by atoms with Crippen LogP contribution in [0.1, 0.15) is 11.1 Å². The van der Waals surface area contributed by atoms with Gasteiger partial charge in [-0.15, -0.1) is 0 Å². The van der Waals surface area contributed by atoms with Gasteiger partial charge in [-0.1, -0.05) is 6.07 Å². The molecule has 0 aliphatic heterocycles. The number of methoxy groups -OCH3 is 1. The highest BCUT2D eigenvalue weighted by Gasteiger charge is 1.94. The Morgan fingerprint density at radius 3 is 2.31 bits per heavy atom. The molecular formula is C13H22N2O. The highest BCUT2D eigenvalue weighted by molar-refractivity contribution is 5.48. The van der Waals surface area contributed by atoms with Crippen molar-refractivity contribution < 1.29 is 4.74 Å². The molecule has 0 heterocycles. The molecule has 0 unspecified atom stereocenters. The molecular weight excluding hydrogens is 200 g/mol. The van der Waals surface area contributed by atoms with Gasteiger partial charge in [-0.25, -0.2) is 0 Å². The third-order valence-electron chi connectivity index (χ3n) is 2.34. The van der Waals surface area contributed by atoms with Gasteiger partial charge in [-0.3, -0.25) is 0 Å². The van der Waals surface area contributed by atoms with Crippen molar-refractivity contribution in [2.45, 2.75) is 13.8 Å². The minimum atomic E-state index is 0.767. The molecule has 1 rings (SSSR count).